The van der Waals surface area contributed by atoms with Gasteiger partial charge in [0.25, 0.3) is 5.91 Å². The summed E-state index contributed by atoms with van der Waals surface area (Å²) in [5.41, 5.74) is 2.27. The number of aryl methyl sites for hydroxylation is 1. The summed E-state index contributed by atoms with van der Waals surface area (Å²) in [6, 6.07) is 17.0. The van der Waals surface area contributed by atoms with Crippen LogP contribution in [0.4, 0.5) is 4.79 Å². The lowest BCUT2D eigenvalue weighted by Crippen LogP contribution is -2.45. The van der Waals surface area contributed by atoms with Crippen LogP contribution in [0.25, 0.3) is 22.2 Å². The molecule has 2 aromatic carbocycles. The Morgan fingerprint density at radius 1 is 1.03 bits per heavy atom. The van der Waals surface area contributed by atoms with Gasteiger partial charge in [-0.3, -0.25) is 14.5 Å². The number of carbonyl (C=O) groups excluding carboxylic acids is 3. The molecule has 3 amide bonds. The van der Waals surface area contributed by atoms with Crippen molar-refractivity contribution in [2.75, 3.05) is 6.54 Å². The molecule has 1 saturated heterocycles. The standard InChI is InChI=1S/C26H29N3O3/c1-5-28-20-14-10-9-13-19(20)22(23(28)18-11-7-6-8-12-18)21(30)16-29-24(31)26(4,15-17(2)3)27-25(29)32/h6-14,17H,5,15-16H2,1-4H3,(H,27,32)/t26-/m1/s1. The molecule has 0 bridgehead atoms. The summed E-state index contributed by atoms with van der Waals surface area (Å²) in [6.07, 6.45) is 0.521. The van der Waals surface area contributed by atoms with Crippen molar-refractivity contribution in [1.29, 1.82) is 0 Å². The van der Waals surface area contributed by atoms with E-state index in [9.17, 15) is 14.4 Å². The summed E-state index contributed by atoms with van der Waals surface area (Å²) in [5.74, 6) is -0.360. The van der Waals surface area contributed by atoms with Gasteiger partial charge in [0.15, 0.2) is 5.78 Å². The fraction of sp³-hybridized carbons (Fsp3) is 0.346. The van der Waals surface area contributed by atoms with Crippen molar-refractivity contribution in [3.63, 3.8) is 0 Å². The van der Waals surface area contributed by atoms with Gasteiger partial charge < -0.3 is 9.88 Å². The Morgan fingerprint density at radius 3 is 2.34 bits per heavy atom. The summed E-state index contributed by atoms with van der Waals surface area (Å²) in [6.45, 7) is 8.19. The molecule has 1 aliphatic heterocycles. The Labute approximate surface area is 188 Å². The highest BCUT2D eigenvalue weighted by molar-refractivity contribution is 6.17. The number of imide groups is 1. The zero-order valence-electron chi connectivity index (χ0n) is 19.0. The van der Waals surface area contributed by atoms with Gasteiger partial charge in [0.2, 0.25) is 0 Å². The third-order valence-corrected chi connectivity index (χ3v) is 6.08. The van der Waals surface area contributed by atoms with E-state index in [1.165, 1.54) is 0 Å². The minimum Gasteiger partial charge on any atom is -0.340 e. The highest BCUT2D eigenvalue weighted by Gasteiger charge is 2.48. The second-order valence-corrected chi connectivity index (χ2v) is 9.03. The first-order chi connectivity index (χ1) is 15.3. The SMILES string of the molecule is CCn1c(-c2ccccc2)c(C(=O)CN2C(=O)N[C@](C)(CC(C)C)C2=O)c2ccccc21. The molecule has 1 aliphatic rings. The van der Waals surface area contributed by atoms with Gasteiger partial charge in [-0.05, 0) is 37.8 Å². The predicted octanol–water partition coefficient (Wildman–Crippen LogP) is 4.87. The van der Waals surface area contributed by atoms with Crippen molar-refractivity contribution in [1.82, 2.24) is 14.8 Å². The number of nitrogens with one attached hydrogen (secondary N) is 1. The first-order valence-corrected chi connectivity index (χ1v) is 11.1. The highest BCUT2D eigenvalue weighted by atomic mass is 16.2. The molecule has 1 N–H and O–H groups in total. The number of Topliss-reactive ketones (excluding diaryl/α,β-unsaturated/α-hetero) is 1. The molecule has 2 heterocycles. The number of hydrogen-bond acceptors (Lipinski definition) is 3. The van der Waals surface area contributed by atoms with Crippen LogP contribution in [0.1, 0.15) is 44.5 Å². The van der Waals surface area contributed by atoms with Crippen LogP contribution < -0.4 is 5.32 Å². The van der Waals surface area contributed by atoms with E-state index in [1.807, 2.05) is 75.4 Å². The normalized spacial score (nSPS) is 18.6. The number of para-hydroxylation sites is 1. The van der Waals surface area contributed by atoms with E-state index in [0.29, 0.717) is 18.5 Å². The Kier molecular flexibility index (Phi) is 5.63. The van der Waals surface area contributed by atoms with Gasteiger partial charge >= 0.3 is 6.03 Å². The quantitative estimate of drug-likeness (QED) is 0.429. The van der Waals surface area contributed by atoms with Crippen LogP contribution in [-0.2, 0) is 11.3 Å². The van der Waals surface area contributed by atoms with Crippen molar-refractivity contribution in [3.05, 3.63) is 60.2 Å². The summed E-state index contributed by atoms with van der Waals surface area (Å²) in [4.78, 5) is 40.5. The molecule has 4 rings (SSSR count). The van der Waals surface area contributed by atoms with E-state index in [2.05, 4.69) is 9.88 Å². The number of rotatable bonds is 7. The molecule has 6 heteroatoms. The smallest absolute Gasteiger partial charge is 0.325 e. The first-order valence-electron chi connectivity index (χ1n) is 11.1. The van der Waals surface area contributed by atoms with Crippen molar-refractivity contribution in [2.45, 2.75) is 46.2 Å². The van der Waals surface area contributed by atoms with E-state index in [4.69, 9.17) is 0 Å². The molecule has 0 unspecified atom stereocenters. The van der Waals surface area contributed by atoms with Crippen LogP contribution in [0.3, 0.4) is 0 Å². The topological polar surface area (TPSA) is 71.4 Å². The van der Waals surface area contributed by atoms with Crippen LogP contribution in [0.15, 0.2) is 54.6 Å². The fourth-order valence-corrected chi connectivity index (χ4v) is 4.88. The van der Waals surface area contributed by atoms with Gasteiger partial charge in [-0.25, -0.2) is 4.79 Å². The van der Waals surface area contributed by atoms with Gasteiger partial charge in [0.05, 0.1) is 17.8 Å². The zero-order chi connectivity index (χ0) is 23.0. The maximum absolute atomic E-state index is 13.7. The zero-order valence-corrected chi connectivity index (χ0v) is 19.0. The number of nitrogens with zero attached hydrogens (tertiary/aromatic N) is 2. The Balaban J connectivity index is 1.78. The maximum atomic E-state index is 13.7. The molecule has 1 aromatic heterocycles. The van der Waals surface area contributed by atoms with Crippen LogP contribution in [-0.4, -0.2) is 39.3 Å². The van der Waals surface area contributed by atoms with Crippen LogP contribution >= 0.6 is 0 Å². The predicted molar refractivity (Wildman–Crippen MR) is 125 cm³/mol. The lowest BCUT2D eigenvalue weighted by molar-refractivity contribution is -0.131. The van der Waals surface area contributed by atoms with Gasteiger partial charge in [0, 0.05) is 17.4 Å². The summed E-state index contributed by atoms with van der Waals surface area (Å²) in [5, 5.41) is 3.63. The average Bonchev–Trinajstić information content (AvgIpc) is 3.20. The number of fused-ring (bicyclic) bond motifs is 1. The number of benzene rings is 2. The van der Waals surface area contributed by atoms with Crippen LogP contribution in [0.2, 0.25) is 0 Å². The van der Waals surface area contributed by atoms with E-state index in [1.54, 1.807) is 6.92 Å². The molecule has 0 spiro atoms. The first kappa shape index (κ1) is 21.8. The van der Waals surface area contributed by atoms with Crippen molar-refractivity contribution in [2.24, 2.45) is 5.92 Å². The van der Waals surface area contributed by atoms with Crippen molar-refractivity contribution >= 4 is 28.6 Å². The lowest BCUT2D eigenvalue weighted by Gasteiger charge is -2.23. The number of ketones is 1. The molecule has 166 valence electrons. The number of aromatic nitrogens is 1. The summed E-state index contributed by atoms with van der Waals surface area (Å²) < 4.78 is 2.12. The minimum atomic E-state index is -0.981. The lowest BCUT2D eigenvalue weighted by atomic mass is 9.91. The summed E-state index contributed by atoms with van der Waals surface area (Å²) in [7, 11) is 0. The van der Waals surface area contributed by atoms with Gasteiger partial charge in [-0.2, -0.15) is 0 Å². The van der Waals surface area contributed by atoms with Gasteiger partial charge in [-0.1, -0.05) is 62.4 Å². The number of carbonyl (C=O) groups is 3. The summed E-state index contributed by atoms with van der Waals surface area (Å²) >= 11 is 0. The molecule has 6 nitrogen and oxygen atoms in total. The molecule has 3 aromatic rings. The van der Waals surface area contributed by atoms with E-state index >= 15 is 0 Å². The number of hydrogen-bond donors (Lipinski definition) is 1. The molecule has 0 saturated carbocycles. The second-order valence-electron chi connectivity index (χ2n) is 9.03. The number of amides is 3. The molecule has 0 radical (unpaired) electrons. The van der Waals surface area contributed by atoms with Crippen molar-refractivity contribution in [3.8, 4) is 11.3 Å². The van der Waals surface area contributed by atoms with E-state index in [0.717, 1.165) is 27.1 Å². The monoisotopic (exact) mass is 431 g/mol. The number of urea groups is 1. The average molecular weight is 432 g/mol. The largest absolute Gasteiger partial charge is 0.340 e. The maximum Gasteiger partial charge on any atom is 0.325 e. The molecule has 1 atom stereocenters. The van der Waals surface area contributed by atoms with Crippen LogP contribution in [0, 0.1) is 5.92 Å². The Hall–Kier alpha value is -3.41. The van der Waals surface area contributed by atoms with Gasteiger partial charge in [-0.15, -0.1) is 0 Å². The fourth-order valence-electron chi connectivity index (χ4n) is 4.88. The third-order valence-electron chi connectivity index (χ3n) is 6.08. The Morgan fingerprint density at radius 2 is 1.69 bits per heavy atom. The molecule has 0 aliphatic carbocycles. The molecule has 1 fully saturated rings. The Bertz CT molecular complexity index is 1200. The molecule has 32 heavy (non-hydrogen) atoms. The second kappa shape index (κ2) is 8.26. The highest BCUT2D eigenvalue weighted by Crippen LogP contribution is 2.35. The van der Waals surface area contributed by atoms with Gasteiger partial charge in [0.1, 0.15) is 5.54 Å². The molecular formula is C26H29N3O3. The van der Waals surface area contributed by atoms with Crippen molar-refractivity contribution < 1.29 is 14.4 Å². The minimum absolute atomic E-state index is 0.229. The van der Waals surface area contributed by atoms with Crippen LogP contribution in [0.5, 0.6) is 0 Å². The molecular weight excluding hydrogens is 402 g/mol. The third kappa shape index (κ3) is 3.60. The van der Waals surface area contributed by atoms with E-state index < -0.39 is 11.6 Å². The van der Waals surface area contributed by atoms with E-state index in [-0.39, 0.29) is 24.2 Å².